The molecule has 0 saturated carbocycles. The summed E-state index contributed by atoms with van der Waals surface area (Å²) in [5.74, 6) is 1.27. The number of methoxy groups -OCH3 is 1. The molecule has 2 N–H and O–H groups in total. The first-order valence-corrected chi connectivity index (χ1v) is 7.63. The minimum atomic E-state index is 0.0990. The molecule has 0 radical (unpaired) electrons. The molecular formula is C20H22O4. The normalized spacial score (nSPS) is 10.6. The Morgan fingerprint density at radius 1 is 1.00 bits per heavy atom. The first kappa shape index (κ1) is 17.5. The number of rotatable bonds is 6. The first-order chi connectivity index (χ1) is 11.5. The number of benzene rings is 2. The lowest BCUT2D eigenvalue weighted by atomic mass is 10.1. The van der Waals surface area contributed by atoms with Gasteiger partial charge in [-0.2, -0.15) is 0 Å². The minimum Gasteiger partial charge on any atom is -0.508 e. The van der Waals surface area contributed by atoms with E-state index in [4.69, 9.17) is 9.47 Å². The maximum absolute atomic E-state index is 9.84. The van der Waals surface area contributed by atoms with Gasteiger partial charge >= 0.3 is 0 Å². The van der Waals surface area contributed by atoms with Crippen molar-refractivity contribution in [1.29, 1.82) is 0 Å². The zero-order chi connectivity index (χ0) is 17.5. The van der Waals surface area contributed by atoms with Gasteiger partial charge in [0, 0.05) is 6.07 Å². The molecule has 0 aromatic heterocycles. The Labute approximate surface area is 142 Å². The molecule has 0 heterocycles. The summed E-state index contributed by atoms with van der Waals surface area (Å²) in [5.41, 5.74) is 2.87. The van der Waals surface area contributed by atoms with E-state index in [1.54, 1.807) is 30.3 Å². The third kappa shape index (κ3) is 5.09. The minimum absolute atomic E-state index is 0.0990. The van der Waals surface area contributed by atoms with E-state index in [1.165, 1.54) is 12.7 Å². The fraction of sp³-hybridized carbons (Fsp3) is 0.200. The van der Waals surface area contributed by atoms with E-state index < -0.39 is 0 Å². The second-order valence-corrected chi connectivity index (χ2v) is 5.62. The SMILES string of the molecule is COc1cc(/C=C/c2cc(O)cc(OCC=C(C)C)c2)ccc1O. The number of phenolic OH excluding ortho intramolecular Hbond substituents is 2. The van der Waals surface area contributed by atoms with Gasteiger partial charge in [0.1, 0.15) is 18.1 Å². The number of phenols is 2. The Morgan fingerprint density at radius 2 is 1.75 bits per heavy atom. The van der Waals surface area contributed by atoms with Gasteiger partial charge in [-0.3, -0.25) is 0 Å². The van der Waals surface area contributed by atoms with Crippen molar-refractivity contribution in [3.8, 4) is 23.0 Å². The summed E-state index contributed by atoms with van der Waals surface area (Å²) in [6.07, 6.45) is 5.71. The third-order valence-corrected chi connectivity index (χ3v) is 3.33. The highest BCUT2D eigenvalue weighted by atomic mass is 16.5. The van der Waals surface area contributed by atoms with Crippen LogP contribution in [-0.4, -0.2) is 23.9 Å². The second kappa shape index (κ2) is 8.11. The lowest BCUT2D eigenvalue weighted by molar-refractivity contribution is 0.358. The van der Waals surface area contributed by atoms with E-state index in [9.17, 15) is 10.2 Å². The molecule has 2 rings (SSSR count). The van der Waals surface area contributed by atoms with E-state index in [1.807, 2.05) is 38.1 Å². The van der Waals surface area contributed by atoms with Crippen LogP contribution in [0, 0.1) is 0 Å². The smallest absolute Gasteiger partial charge is 0.161 e. The van der Waals surface area contributed by atoms with Crippen LogP contribution in [0.3, 0.4) is 0 Å². The predicted octanol–water partition coefficient (Wildman–Crippen LogP) is 4.62. The van der Waals surface area contributed by atoms with Crippen molar-refractivity contribution < 1.29 is 19.7 Å². The fourth-order valence-corrected chi connectivity index (χ4v) is 2.08. The summed E-state index contributed by atoms with van der Waals surface area (Å²) >= 11 is 0. The van der Waals surface area contributed by atoms with Gasteiger partial charge in [0.05, 0.1) is 7.11 Å². The molecule has 126 valence electrons. The van der Waals surface area contributed by atoms with E-state index in [-0.39, 0.29) is 11.5 Å². The molecule has 0 atom stereocenters. The third-order valence-electron chi connectivity index (χ3n) is 3.33. The largest absolute Gasteiger partial charge is 0.508 e. The number of ether oxygens (including phenoxy) is 2. The Hall–Kier alpha value is -2.88. The van der Waals surface area contributed by atoms with Crippen molar-refractivity contribution in [3.63, 3.8) is 0 Å². The van der Waals surface area contributed by atoms with Crippen molar-refractivity contribution in [2.24, 2.45) is 0 Å². The Kier molecular flexibility index (Phi) is 5.90. The average Bonchev–Trinajstić information content (AvgIpc) is 2.53. The number of hydrogen-bond acceptors (Lipinski definition) is 4. The molecule has 0 unspecified atom stereocenters. The molecule has 4 nitrogen and oxygen atoms in total. The topological polar surface area (TPSA) is 58.9 Å². The maximum atomic E-state index is 9.84. The van der Waals surface area contributed by atoms with E-state index in [0.717, 1.165) is 11.1 Å². The summed E-state index contributed by atoms with van der Waals surface area (Å²) in [6.45, 7) is 4.47. The van der Waals surface area contributed by atoms with Crippen molar-refractivity contribution in [2.75, 3.05) is 13.7 Å². The zero-order valence-electron chi connectivity index (χ0n) is 14.1. The van der Waals surface area contributed by atoms with Gasteiger partial charge in [0.2, 0.25) is 0 Å². The molecule has 0 aliphatic rings. The second-order valence-electron chi connectivity index (χ2n) is 5.62. The quantitative estimate of drug-likeness (QED) is 0.600. The highest BCUT2D eigenvalue weighted by Crippen LogP contribution is 2.28. The van der Waals surface area contributed by atoms with Crippen LogP contribution in [0.25, 0.3) is 12.2 Å². The van der Waals surface area contributed by atoms with Gasteiger partial charge in [-0.15, -0.1) is 0 Å². The lowest BCUT2D eigenvalue weighted by Gasteiger charge is -2.06. The number of allylic oxidation sites excluding steroid dienone is 1. The van der Waals surface area contributed by atoms with Gasteiger partial charge in [-0.25, -0.2) is 0 Å². The van der Waals surface area contributed by atoms with Crippen LogP contribution in [0.4, 0.5) is 0 Å². The Bertz CT molecular complexity index is 756. The Balaban J connectivity index is 2.16. The molecule has 4 heteroatoms. The van der Waals surface area contributed by atoms with Crippen LogP contribution in [0.5, 0.6) is 23.0 Å². The molecule has 0 fully saturated rings. The van der Waals surface area contributed by atoms with Crippen molar-refractivity contribution in [2.45, 2.75) is 13.8 Å². The molecule has 24 heavy (non-hydrogen) atoms. The van der Waals surface area contributed by atoms with Crippen LogP contribution in [0.15, 0.2) is 48.0 Å². The summed E-state index contributed by atoms with van der Waals surface area (Å²) in [5, 5.41) is 19.4. The average molecular weight is 326 g/mol. The van der Waals surface area contributed by atoms with Crippen LogP contribution in [0.2, 0.25) is 0 Å². The van der Waals surface area contributed by atoms with Gasteiger partial charge in [-0.05, 0) is 55.3 Å². The molecule has 0 aliphatic heterocycles. The van der Waals surface area contributed by atoms with Crippen LogP contribution in [-0.2, 0) is 0 Å². The van der Waals surface area contributed by atoms with Crippen LogP contribution in [0.1, 0.15) is 25.0 Å². The van der Waals surface area contributed by atoms with Gasteiger partial charge in [0.15, 0.2) is 11.5 Å². The molecular weight excluding hydrogens is 304 g/mol. The van der Waals surface area contributed by atoms with Crippen LogP contribution >= 0.6 is 0 Å². The summed E-state index contributed by atoms with van der Waals surface area (Å²) in [7, 11) is 1.51. The fourth-order valence-electron chi connectivity index (χ4n) is 2.08. The highest BCUT2D eigenvalue weighted by Gasteiger charge is 2.02. The van der Waals surface area contributed by atoms with Crippen molar-refractivity contribution >= 4 is 12.2 Å². The summed E-state index contributed by atoms with van der Waals surface area (Å²) in [6, 6.07) is 10.2. The monoisotopic (exact) mass is 326 g/mol. The van der Waals surface area contributed by atoms with Crippen molar-refractivity contribution in [3.05, 3.63) is 59.2 Å². The van der Waals surface area contributed by atoms with E-state index in [2.05, 4.69) is 0 Å². The molecule has 2 aromatic carbocycles. The molecule has 0 aliphatic carbocycles. The van der Waals surface area contributed by atoms with Crippen molar-refractivity contribution in [1.82, 2.24) is 0 Å². The Morgan fingerprint density at radius 3 is 2.46 bits per heavy atom. The van der Waals surface area contributed by atoms with Gasteiger partial charge < -0.3 is 19.7 Å². The summed E-state index contributed by atoms with van der Waals surface area (Å²) in [4.78, 5) is 0. The standard InChI is InChI=1S/C20H22O4/c1-14(2)8-9-24-18-11-16(10-17(21)13-18)5-4-15-6-7-19(22)20(12-15)23-3/h4-8,10-13,21-22H,9H2,1-3H3/b5-4+. The molecule has 0 amide bonds. The molecule has 0 bridgehead atoms. The number of hydrogen-bond donors (Lipinski definition) is 2. The molecule has 2 aromatic rings. The number of aromatic hydroxyl groups is 2. The maximum Gasteiger partial charge on any atom is 0.161 e. The van der Waals surface area contributed by atoms with Gasteiger partial charge in [0.25, 0.3) is 0 Å². The predicted molar refractivity (Wildman–Crippen MR) is 96.6 cm³/mol. The first-order valence-electron chi connectivity index (χ1n) is 7.63. The van der Waals surface area contributed by atoms with Crippen LogP contribution < -0.4 is 9.47 Å². The zero-order valence-corrected chi connectivity index (χ0v) is 14.1. The molecule has 0 saturated heterocycles. The molecule has 0 spiro atoms. The van der Waals surface area contributed by atoms with E-state index >= 15 is 0 Å². The van der Waals surface area contributed by atoms with E-state index in [0.29, 0.717) is 18.1 Å². The van der Waals surface area contributed by atoms with Gasteiger partial charge in [-0.1, -0.05) is 23.8 Å². The highest BCUT2D eigenvalue weighted by molar-refractivity contribution is 5.72. The lowest BCUT2D eigenvalue weighted by Crippen LogP contribution is -1.94. The summed E-state index contributed by atoms with van der Waals surface area (Å²) < 4.78 is 10.7.